The van der Waals surface area contributed by atoms with Crippen molar-refractivity contribution < 1.29 is 10.2 Å². The van der Waals surface area contributed by atoms with Gasteiger partial charge in [-0.2, -0.15) is 0 Å². The predicted molar refractivity (Wildman–Crippen MR) is 60.3 cm³/mol. The van der Waals surface area contributed by atoms with E-state index in [4.69, 9.17) is 10.2 Å². The molecule has 1 atom stereocenters. The fourth-order valence-corrected chi connectivity index (χ4v) is 1.86. The first kappa shape index (κ1) is 13.9. The van der Waals surface area contributed by atoms with Crippen molar-refractivity contribution in [1.29, 1.82) is 0 Å². The summed E-state index contributed by atoms with van der Waals surface area (Å²) in [6.07, 6.45) is 9.29. The van der Waals surface area contributed by atoms with Gasteiger partial charge in [-0.25, -0.2) is 0 Å². The minimum Gasteiger partial charge on any atom is -0.396 e. The average molecular weight is 202 g/mol. The van der Waals surface area contributed by atoms with Crippen LogP contribution in [0.2, 0.25) is 0 Å². The molecule has 0 fully saturated rings. The summed E-state index contributed by atoms with van der Waals surface area (Å²) in [7, 11) is 0. The van der Waals surface area contributed by atoms with Crippen LogP contribution < -0.4 is 0 Å². The van der Waals surface area contributed by atoms with Crippen LogP contribution in [0.1, 0.15) is 58.3 Å². The molecule has 2 nitrogen and oxygen atoms in total. The van der Waals surface area contributed by atoms with Crippen molar-refractivity contribution >= 4 is 0 Å². The van der Waals surface area contributed by atoms with Gasteiger partial charge in [0.1, 0.15) is 0 Å². The third-order valence-corrected chi connectivity index (χ3v) is 2.77. The molecule has 14 heavy (non-hydrogen) atoms. The Morgan fingerprint density at radius 1 is 0.786 bits per heavy atom. The van der Waals surface area contributed by atoms with E-state index in [1.54, 1.807) is 0 Å². The zero-order valence-electron chi connectivity index (χ0n) is 9.54. The van der Waals surface area contributed by atoms with Gasteiger partial charge < -0.3 is 10.2 Å². The molecule has 0 rings (SSSR count). The number of aliphatic hydroxyl groups excluding tert-OH is 2. The topological polar surface area (TPSA) is 40.5 Å². The van der Waals surface area contributed by atoms with Gasteiger partial charge in [0.05, 0.1) is 0 Å². The lowest BCUT2D eigenvalue weighted by atomic mass is 9.93. The van der Waals surface area contributed by atoms with Gasteiger partial charge in [0, 0.05) is 13.2 Å². The Kier molecular flexibility index (Phi) is 10.9. The normalized spacial score (nSPS) is 13.1. The van der Waals surface area contributed by atoms with E-state index in [1.165, 1.54) is 32.1 Å². The highest BCUT2D eigenvalue weighted by Crippen LogP contribution is 2.19. The summed E-state index contributed by atoms with van der Waals surface area (Å²) >= 11 is 0. The molecular weight excluding hydrogens is 176 g/mol. The maximum atomic E-state index is 8.88. The summed E-state index contributed by atoms with van der Waals surface area (Å²) in [5, 5.41) is 17.6. The molecule has 2 heteroatoms. The van der Waals surface area contributed by atoms with Crippen LogP contribution in [0.25, 0.3) is 0 Å². The van der Waals surface area contributed by atoms with Gasteiger partial charge in [0.25, 0.3) is 0 Å². The van der Waals surface area contributed by atoms with Crippen LogP contribution in [0.4, 0.5) is 0 Å². The van der Waals surface area contributed by atoms with Crippen molar-refractivity contribution in [3.63, 3.8) is 0 Å². The minimum absolute atomic E-state index is 0.289. The van der Waals surface area contributed by atoms with E-state index in [0.29, 0.717) is 12.5 Å². The SMILES string of the molecule is CCCCCCC(CCO)CCCO. The second kappa shape index (κ2) is 11.0. The van der Waals surface area contributed by atoms with Gasteiger partial charge in [0.15, 0.2) is 0 Å². The van der Waals surface area contributed by atoms with Gasteiger partial charge in [-0.05, 0) is 25.2 Å². The maximum Gasteiger partial charge on any atom is 0.0433 e. The molecule has 0 aliphatic carbocycles. The quantitative estimate of drug-likeness (QED) is 0.535. The van der Waals surface area contributed by atoms with E-state index >= 15 is 0 Å². The third kappa shape index (κ3) is 8.52. The van der Waals surface area contributed by atoms with E-state index < -0.39 is 0 Å². The first-order valence-electron chi connectivity index (χ1n) is 6.06. The Balaban J connectivity index is 3.40. The highest BCUT2D eigenvalue weighted by Gasteiger charge is 2.07. The lowest BCUT2D eigenvalue weighted by molar-refractivity contribution is 0.225. The van der Waals surface area contributed by atoms with Crippen LogP contribution in [-0.4, -0.2) is 23.4 Å². The Hall–Kier alpha value is -0.0800. The molecule has 0 amide bonds. The first-order valence-corrected chi connectivity index (χ1v) is 6.06. The Labute approximate surface area is 88.3 Å². The fourth-order valence-electron chi connectivity index (χ4n) is 1.86. The van der Waals surface area contributed by atoms with Crippen molar-refractivity contribution in [3.05, 3.63) is 0 Å². The van der Waals surface area contributed by atoms with Gasteiger partial charge in [0.2, 0.25) is 0 Å². The number of rotatable bonds is 10. The van der Waals surface area contributed by atoms with E-state index in [2.05, 4.69) is 6.92 Å². The molecule has 2 N–H and O–H groups in total. The molecule has 0 spiro atoms. The maximum absolute atomic E-state index is 8.88. The van der Waals surface area contributed by atoms with Gasteiger partial charge >= 0.3 is 0 Å². The molecule has 0 aliphatic rings. The summed E-state index contributed by atoms with van der Waals surface area (Å²) in [4.78, 5) is 0. The van der Waals surface area contributed by atoms with Crippen molar-refractivity contribution in [3.8, 4) is 0 Å². The summed E-state index contributed by atoms with van der Waals surface area (Å²) in [5.74, 6) is 0.629. The fraction of sp³-hybridized carbons (Fsp3) is 1.00. The summed E-state index contributed by atoms with van der Waals surface area (Å²) < 4.78 is 0. The Morgan fingerprint density at radius 2 is 1.50 bits per heavy atom. The molecule has 0 aromatic heterocycles. The monoisotopic (exact) mass is 202 g/mol. The number of hydrogen-bond donors (Lipinski definition) is 2. The van der Waals surface area contributed by atoms with Crippen LogP contribution >= 0.6 is 0 Å². The molecule has 0 saturated carbocycles. The second-order valence-electron chi connectivity index (χ2n) is 4.09. The van der Waals surface area contributed by atoms with Crippen LogP contribution in [0, 0.1) is 5.92 Å². The molecule has 0 saturated heterocycles. The van der Waals surface area contributed by atoms with Crippen molar-refractivity contribution in [1.82, 2.24) is 0 Å². The van der Waals surface area contributed by atoms with Crippen molar-refractivity contribution in [2.24, 2.45) is 5.92 Å². The van der Waals surface area contributed by atoms with E-state index in [9.17, 15) is 0 Å². The molecule has 86 valence electrons. The number of hydrogen-bond acceptors (Lipinski definition) is 2. The highest BCUT2D eigenvalue weighted by atomic mass is 16.3. The zero-order valence-corrected chi connectivity index (χ0v) is 9.54. The van der Waals surface area contributed by atoms with Crippen LogP contribution in [0.5, 0.6) is 0 Å². The van der Waals surface area contributed by atoms with Crippen LogP contribution in [0.3, 0.4) is 0 Å². The van der Waals surface area contributed by atoms with Crippen molar-refractivity contribution in [2.45, 2.75) is 58.3 Å². The molecule has 0 aromatic carbocycles. The number of unbranched alkanes of at least 4 members (excludes halogenated alkanes) is 3. The van der Waals surface area contributed by atoms with E-state index in [1.807, 2.05) is 0 Å². The van der Waals surface area contributed by atoms with Crippen molar-refractivity contribution in [2.75, 3.05) is 13.2 Å². The average Bonchev–Trinajstić information content (AvgIpc) is 2.20. The lowest BCUT2D eigenvalue weighted by Crippen LogP contribution is -2.04. The Bertz CT molecular complexity index is 104. The van der Waals surface area contributed by atoms with Gasteiger partial charge in [-0.3, -0.25) is 0 Å². The first-order chi connectivity index (χ1) is 6.85. The van der Waals surface area contributed by atoms with E-state index in [-0.39, 0.29) is 6.61 Å². The minimum atomic E-state index is 0.289. The largest absolute Gasteiger partial charge is 0.396 e. The number of aliphatic hydroxyl groups is 2. The molecule has 0 bridgehead atoms. The standard InChI is InChI=1S/C12H26O2/c1-2-3-4-5-7-12(9-11-14)8-6-10-13/h12-14H,2-11H2,1H3. The molecular formula is C12H26O2. The molecule has 0 aromatic rings. The lowest BCUT2D eigenvalue weighted by Gasteiger charge is -2.14. The summed E-state index contributed by atoms with van der Waals surface area (Å²) in [6.45, 7) is 2.80. The van der Waals surface area contributed by atoms with Crippen LogP contribution in [0.15, 0.2) is 0 Å². The third-order valence-electron chi connectivity index (χ3n) is 2.77. The van der Waals surface area contributed by atoms with Crippen LogP contribution in [-0.2, 0) is 0 Å². The smallest absolute Gasteiger partial charge is 0.0433 e. The summed E-state index contributed by atoms with van der Waals surface area (Å²) in [5.41, 5.74) is 0. The molecule has 1 unspecified atom stereocenters. The Morgan fingerprint density at radius 3 is 2.07 bits per heavy atom. The molecule has 0 aliphatic heterocycles. The molecule has 0 radical (unpaired) electrons. The van der Waals surface area contributed by atoms with E-state index in [0.717, 1.165) is 19.3 Å². The molecule has 0 heterocycles. The zero-order chi connectivity index (χ0) is 10.6. The van der Waals surface area contributed by atoms with Gasteiger partial charge in [-0.15, -0.1) is 0 Å². The summed E-state index contributed by atoms with van der Waals surface area (Å²) in [6, 6.07) is 0. The highest BCUT2D eigenvalue weighted by molar-refractivity contribution is 4.59. The second-order valence-corrected chi connectivity index (χ2v) is 4.09. The van der Waals surface area contributed by atoms with Gasteiger partial charge in [-0.1, -0.05) is 39.0 Å². The predicted octanol–water partition coefficient (Wildman–Crippen LogP) is 2.73.